The SMILES string of the molecule is CSc1cccc(Nc2ccc(OC(C)C)cc2)c1C#N. The molecule has 0 saturated heterocycles. The van der Waals surface area contributed by atoms with Crippen molar-refractivity contribution in [2.24, 2.45) is 0 Å². The van der Waals surface area contributed by atoms with Gasteiger partial charge in [0.25, 0.3) is 0 Å². The van der Waals surface area contributed by atoms with Crippen LogP contribution in [0.5, 0.6) is 5.75 Å². The molecule has 2 rings (SSSR count). The van der Waals surface area contributed by atoms with Crippen molar-refractivity contribution < 1.29 is 4.74 Å². The molecule has 0 heterocycles. The Morgan fingerprint density at radius 1 is 1.14 bits per heavy atom. The Morgan fingerprint density at radius 2 is 1.86 bits per heavy atom. The van der Waals surface area contributed by atoms with E-state index in [0.717, 1.165) is 22.0 Å². The fraction of sp³-hybridized carbons (Fsp3) is 0.235. The summed E-state index contributed by atoms with van der Waals surface area (Å²) in [7, 11) is 0. The third-order valence-corrected chi connectivity index (χ3v) is 3.64. The highest BCUT2D eigenvalue weighted by Crippen LogP contribution is 2.29. The summed E-state index contributed by atoms with van der Waals surface area (Å²) >= 11 is 1.57. The van der Waals surface area contributed by atoms with Crippen LogP contribution < -0.4 is 10.1 Å². The van der Waals surface area contributed by atoms with E-state index in [4.69, 9.17) is 4.74 Å². The van der Waals surface area contributed by atoms with E-state index in [-0.39, 0.29) is 6.10 Å². The van der Waals surface area contributed by atoms with Gasteiger partial charge >= 0.3 is 0 Å². The first kappa shape index (κ1) is 15.3. The number of rotatable bonds is 5. The van der Waals surface area contributed by atoms with Crippen molar-refractivity contribution in [2.75, 3.05) is 11.6 Å². The molecule has 0 amide bonds. The topological polar surface area (TPSA) is 45.0 Å². The van der Waals surface area contributed by atoms with E-state index in [2.05, 4.69) is 11.4 Å². The number of thioether (sulfide) groups is 1. The van der Waals surface area contributed by atoms with Gasteiger partial charge in [-0.2, -0.15) is 5.26 Å². The average Bonchev–Trinajstić information content (AvgIpc) is 2.48. The minimum atomic E-state index is 0.160. The first-order valence-electron chi connectivity index (χ1n) is 6.75. The summed E-state index contributed by atoms with van der Waals surface area (Å²) in [5, 5.41) is 12.6. The number of benzene rings is 2. The van der Waals surface area contributed by atoms with Crippen molar-refractivity contribution in [1.82, 2.24) is 0 Å². The first-order chi connectivity index (χ1) is 10.1. The van der Waals surface area contributed by atoms with E-state index in [0.29, 0.717) is 5.56 Å². The van der Waals surface area contributed by atoms with Crippen LogP contribution in [0.2, 0.25) is 0 Å². The Balaban J connectivity index is 2.21. The van der Waals surface area contributed by atoms with Crippen LogP contribution in [-0.2, 0) is 0 Å². The highest BCUT2D eigenvalue weighted by Gasteiger charge is 2.07. The monoisotopic (exact) mass is 298 g/mol. The van der Waals surface area contributed by atoms with Crippen LogP contribution >= 0.6 is 11.8 Å². The molecule has 4 heteroatoms. The maximum absolute atomic E-state index is 9.33. The molecule has 2 aromatic rings. The number of anilines is 2. The number of nitrogens with zero attached hydrogens (tertiary/aromatic N) is 1. The molecular formula is C17H18N2OS. The molecule has 1 N–H and O–H groups in total. The molecule has 0 unspecified atom stereocenters. The molecular weight excluding hydrogens is 280 g/mol. The van der Waals surface area contributed by atoms with Crippen LogP contribution in [0.4, 0.5) is 11.4 Å². The Labute approximate surface area is 129 Å². The summed E-state index contributed by atoms with van der Waals surface area (Å²) < 4.78 is 5.62. The smallest absolute Gasteiger partial charge is 0.119 e. The minimum Gasteiger partial charge on any atom is -0.491 e. The minimum absolute atomic E-state index is 0.160. The lowest BCUT2D eigenvalue weighted by Crippen LogP contribution is -2.05. The van der Waals surface area contributed by atoms with Crippen molar-refractivity contribution in [2.45, 2.75) is 24.8 Å². The van der Waals surface area contributed by atoms with E-state index in [9.17, 15) is 5.26 Å². The van der Waals surface area contributed by atoms with Crippen LogP contribution in [0.15, 0.2) is 47.4 Å². The molecule has 0 radical (unpaired) electrons. The summed E-state index contributed by atoms with van der Waals surface area (Å²) in [6.45, 7) is 4.00. The number of nitrogens with one attached hydrogen (secondary N) is 1. The zero-order chi connectivity index (χ0) is 15.2. The van der Waals surface area contributed by atoms with Crippen molar-refractivity contribution in [3.63, 3.8) is 0 Å². The fourth-order valence-electron chi connectivity index (χ4n) is 1.97. The van der Waals surface area contributed by atoms with Crippen molar-refractivity contribution in [1.29, 1.82) is 5.26 Å². The molecule has 0 saturated carbocycles. The third kappa shape index (κ3) is 3.93. The van der Waals surface area contributed by atoms with Gasteiger partial charge in [-0.1, -0.05) is 6.07 Å². The van der Waals surface area contributed by atoms with Gasteiger partial charge in [0.15, 0.2) is 0 Å². The predicted octanol–water partition coefficient (Wildman–Crippen LogP) is 4.81. The van der Waals surface area contributed by atoms with Crippen LogP contribution in [0.1, 0.15) is 19.4 Å². The van der Waals surface area contributed by atoms with E-state index < -0.39 is 0 Å². The van der Waals surface area contributed by atoms with E-state index in [1.807, 2.05) is 62.6 Å². The highest BCUT2D eigenvalue weighted by molar-refractivity contribution is 7.98. The molecule has 0 aliphatic heterocycles. The van der Waals surface area contributed by atoms with Crippen LogP contribution in [0.25, 0.3) is 0 Å². The Morgan fingerprint density at radius 3 is 2.43 bits per heavy atom. The molecule has 0 aromatic heterocycles. The van der Waals surface area contributed by atoms with Gasteiger partial charge in [0.2, 0.25) is 0 Å². The van der Waals surface area contributed by atoms with Crippen LogP contribution in [0, 0.1) is 11.3 Å². The molecule has 3 nitrogen and oxygen atoms in total. The zero-order valence-corrected chi connectivity index (χ0v) is 13.2. The van der Waals surface area contributed by atoms with Crippen LogP contribution in [-0.4, -0.2) is 12.4 Å². The average molecular weight is 298 g/mol. The number of hydrogen-bond acceptors (Lipinski definition) is 4. The van der Waals surface area contributed by atoms with Crippen LogP contribution in [0.3, 0.4) is 0 Å². The second kappa shape index (κ2) is 7.05. The molecule has 0 spiro atoms. The standard InChI is InChI=1S/C17H18N2OS/c1-12(2)20-14-9-7-13(8-10-14)19-16-5-4-6-17(21-3)15(16)11-18/h4-10,12,19H,1-3H3. The Hall–Kier alpha value is -2.12. The lowest BCUT2D eigenvalue weighted by molar-refractivity contribution is 0.242. The molecule has 2 aromatic carbocycles. The lowest BCUT2D eigenvalue weighted by Gasteiger charge is -2.12. The van der Waals surface area contributed by atoms with Gasteiger partial charge in [0.1, 0.15) is 11.8 Å². The second-order valence-electron chi connectivity index (χ2n) is 4.81. The third-order valence-electron chi connectivity index (χ3n) is 2.86. The summed E-state index contributed by atoms with van der Waals surface area (Å²) in [6.07, 6.45) is 2.13. The van der Waals surface area contributed by atoms with E-state index >= 15 is 0 Å². The second-order valence-corrected chi connectivity index (χ2v) is 5.66. The summed E-state index contributed by atoms with van der Waals surface area (Å²) in [6, 6.07) is 15.8. The van der Waals surface area contributed by atoms with Gasteiger partial charge in [-0.3, -0.25) is 0 Å². The fourth-order valence-corrected chi connectivity index (χ4v) is 2.54. The molecule has 108 valence electrons. The first-order valence-corrected chi connectivity index (χ1v) is 7.97. The zero-order valence-electron chi connectivity index (χ0n) is 12.4. The van der Waals surface area contributed by atoms with E-state index in [1.165, 1.54) is 0 Å². The Bertz CT molecular complexity index is 645. The van der Waals surface area contributed by atoms with Gasteiger partial charge in [-0.15, -0.1) is 11.8 Å². The number of ether oxygens (including phenoxy) is 1. The molecule has 0 aliphatic carbocycles. The predicted molar refractivity (Wildman–Crippen MR) is 88.4 cm³/mol. The van der Waals surface area contributed by atoms with Gasteiger partial charge in [0, 0.05) is 10.6 Å². The number of nitriles is 1. The maximum Gasteiger partial charge on any atom is 0.119 e. The summed E-state index contributed by atoms with van der Waals surface area (Å²) in [4.78, 5) is 0.974. The normalized spacial score (nSPS) is 10.2. The summed E-state index contributed by atoms with van der Waals surface area (Å²) in [5.41, 5.74) is 2.43. The quantitative estimate of drug-likeness (QED) is 0.804. The largest absolute Gasteiger partial charge is 0.491 e. The number of hydrogen-bond donors (Lipinski definition) is 1. The van der Waals surface area contributed by atoms with Gasteiger partial charge < -0.3 is 10.1 Å². The lowest BCUT2D eigenvalue weighted by atomic mass is 10.2. The molecule has 0 bridgehead atoms. The van der Waals surface area contributed by atoms with Gasteiger partial charge in [0.05, 0.1) is 17.4 Å². The van der Waals surface area contributed by atoms with Gasteiger partial charge in [-0.25, -0.2) is 0 Å². The summed E-state index contributed by atoms with van der Waals surface area (Å²) in [5.74, 6) is 0.842. The van der Waals surface area contributed by atoms with Gasteiger partial charge in [-0.05, 0) is 56.5 Å². The Kier molecular flexibility index (Phi) is 5.13. The van der Waals surface area contributed by atoms with Crippen molar-refractivity contribution >= 4 is 23.1 Å². The molecule has 0 aliphatic rings. The van der Waals surface area contributed by atoms with Crippen molar-refractivity contribution in [3.8, 4) is 11.8 Å². The van der Waals surface area contributed by atoms with E-state index in [1.54, 1.807) is 11.8 Å². The molecule has 0 atom stereocenters. The molecule has 21 heavy (non-hydrogen) atoms. The van der Waals surface area contributed by atoms with Crippen molar-refractivity contribution in [3.05, 3.63) is 48.0 Å². The highest BCUT2D eigenvalue weighted by atomic mass is 32.2. The molecule has 0 fully saturated rings. The maximum atomic E-state index is 9.33.